The van der Waals surface area contributed by atoms with Crippen LogP contribution in [-0.4, -0.2) is 32.9 Å². The molecule has 3 nitrogen and oxygen atoms in total. The summed E-state index contributed by atoms with van der Waals surface area (Å²) in [6.07, 6.45) is 0.682. The van der Waals surface area contributed by atoms with Crippen molar-refractivity contribution >= 4 is 5.69 Å². The van der Waals surface area contributed by atoms with E-state index < -0.39 is 0 Å². The minimum atomic E-state index is 0.141. The molecule has 0 aliphatic rings. The first-order valence-corrected chi connectivity index (χ1v) is 7.18. The van der Waals surface area contributed by atoms with Crippen molar-refractivity contribution in [3.63, 3.8) is 0 Å². The Labute approximate surface area is 126 Å². The molecular weight excluding hydrogens is 262 g/mol. The van der Waals surface area contributed by atoms with Crippen LogP contribution in [0.15, 0.2) is 48.5 Å². The second kappa shape index (κ2) is 7.14. The molecule has 0 fully saturated rings. The number of benzene rings is 2. The SMILES string of the molecule is COc1cc(N(C)C)ccc1C(CCO)c1ccccc1. The molecule has 0 radical (unpaired) electrons. The highest BCUT2D eigenvalue weighted by Gasteiger charge is 2.18. The molecule has 0 spiro atoms. The summed E-state index contributed by atoms with van der Waals surface area (Å²) in [5.41, 5.74) is 3.41. The molecule has 0 amide bonds. The summed E-state index contributed by atoms with van der Waals surface area (Å²) >= 11 is 0. The van der Waals surface area contributed by atoms with E-state index in [0.717, 1.165) is 17.0 Å². The summed E-state index contributed by atoms with van der Waals surface area (Å²) in [6, 6.07) is 16.5. The van der Waals surface area contributed by atoms with Crippen LogP contribution in [0.1, 0.15) is 23.5 Å². The van der Waals surface area contributed by atoms with Gasteiger partial charge in [0.2, 0.25) is 0 Å². The number of methoxy groups -OCH3 is 1. The van der Waals surface area contributed by atoms with Crippen molar-refractivity contribution in [1.29, 1.82) is 0 Å². The Morgan fingerprint density at radius 3 is 2.38 bits per heavy atom. The van der Waals surface area contributed by atoms with Gasteiger partial charge in [-0.05, 0) is 18.1 Å². The Balaban J connectivity index is 2.45. The van der Waals surface area contributed by atoms with Gasteiger partial charge in [-0.15, -0.1) is 0 Å². The Hall–Kier alpha value is -2.00. The van der Waals surface area contributed by atoms with Gasteiger partial charge in [0.1, 0.15) is 5.75 Å². The lowest BCUT2D eigenvalue weighted by atomic mass is 9.88. The molecule has 3 heteroatoms. The Kier molecular flexibility index (Phi) is 5.23. The molecule has 0 bridgehead atoms. The molecule has 2 rings (SSSR count). The fourth-order valence-corrected chi connectivity index (χ4v) is 2.58. The lowest BCUT2D eigenvalue weighted by molar-refractivity contribution is 0.280. The molecule has 1 unspecified atom stereocenters. The van der Waals surface area contributed by atoms with Crippen molar-refractivity contribution in [3.8, 4) is 5.75 Å². The summed E-state index contributed by atoms with van der Waals surface area (Å²) in [7, 11) is 5.72. The first-order chi connectivity index (χ1) is 10.2. The number of ether oxygens (including phenoxy) is 1. The van der Waals surface area contributed by atoms with Crippen LogP contribution in [0.3, 0.4) is 0 Å². The lowest BCUT2D eigenvalue weighted by Crippen LogP contribution is -2.10. The van der Waals surface area contributed by atoms with Crippen LogP contribution in [0, 0.1) is 0 Å². The van der Waals surface area contributed by atoms with Crippen molar-refractivity contribution in [1.82, 2.24) is 0 Å². The van der Waals surface area contributed by atoms with E-state index >= 15 is 0 Å². The Bertz CT molecular complexity index is 567. The first-order valence-electron chi connectivity index (χ1n) is 7.18. The molecule has 112 valence electrons. The highest BCUT2D eigenvalue weighted by molar-refractivity contribution is 5.55. The predicted octanol–water partition coefficient (Wildman–Crippen LogP) is 3.28. The molecule has 0 saturated heterocycles. The summed E-state index contributed by atoms with van der Waals surface area (Å²) in [4.78, 5) is 2.05. The minimum absolute atomic E-state index is 0.141. The monoisotopic (exact) mass is 285 g/mol. The van der Waals surface area contributed by atoms with Gasteiger partial charge >= 0.3 is 0 Å². The zero-order valence-corrected chi connectivity index (χ0v) is 12.9. The smallest absolute Gasteiger partial charge is 0.124 e. The van der Waals surface area contributed by atoms with Crippen LogP contribution < -0.4 is 9.64 Å². The van der Waals surface area contributed by atoms with E-state index in [1.807, 2.05) is 38.4 Å². The van der Waals surface area contributed by atoms with Crippen molar-refractivity contribution in [2.24, 2.45) is 0 Å². The normalized spacial score (nSPS) is 12.0. The van der Waals surface area contributed by atoms with E-state index in [0.29, 0.717) is 6.42 Å². The molecule has 2 aromatic carbocycles. The van der Waals surface area contributed by atoms with Crippen molar-refractivity contribution in [3.05, 3.63) is 59.7 Å². The van der Waals surface area contributed by atoms with Gasteiger partial charge in [-0.3, -0.25) is 0 Å². The third-order valence-electron chi connectivity index (χ3n) is 3.73. The molecule has 0 aliphatic carbocycles. The third-order valence-corrected chi connectivity index (χ3v) is 3.73. The van der Waals surface area contributed by atoms with Gasteiger partial charge in [0.15, 0.2) is 0 Å². The molecule has 1 N–H and O–H groups in total. The van der Waals surface area contributed by atoms with E-state index in [1.165, 1.54) is 5.56 Å². The van der Waals surface area contributed by atoms with Gasteiger partial charge < -0.3 is 14.7 Å². The van der Waals surface area contributed by atoms with E-state index in [9.17, 15) is 5.11 Å². The summed E-state index contributed by atoms with van der Waals surface area (Å²) < 4.78 is 5.58. The number of rotatable bonds is 6. The average Bonchev–Trinajstić information content (AvgIpc) is 2.53. The van der Waals surface area contributed by atoms with E-state index in [1.54, 1.807) is 7.11 Å². The highest BCUT2D eigenvalue weighted by atomic mass is 16.5. The standard InChI is InChI=1S/C18H23NO2/c1-19(2)15-9-10-17(18(13-15)21-3)16(11-12-20)14-7-5-4-6-8-14/h4-10,13,16,20H,11-12H2,1-3H3. The summed E-state index contributed by atoms with van der Waals surface area (Å²) in [6.45, 7) is 0.151. The third kappa shape index (κ3) is 3.56. The average molecular weight is 285 g/mol. The molecule has 0 aromatic heterocycles. The van der Waals surface area contributed by atoms with Crippen molar-refractivity contribution in [2.75, 3.05) is 32.7 Å². The van der Waals surface area contributed by atoms with Crippen LogP contribution in [0.5, 0.6) is 5.75 Å². The van der Waals surface area contributed by atoms with Crippen LogP contribution in [0.2, 0.25) is 0 Å². The highest BCUT2D eigenvalue weighted by Crippen LogP contribution is 2.36. The zero-order chi connectivity index (χ0) is 15.2. The summed E-state index contributed by atoms with van der Waals surface area (Å²) in [5.74, 6) is 1.01. The van der Waals surface area contributed by atoms with Gasteiger partial charge in [0.05, 0.1) is 7.11 Å². The topological polar surface area (TPSA) is 32.7 Å². The minimum Gasteiger partial charge on any atom is -0.496 e. The molecule has 2 aromatic rings. The fraction of sp³-hybridized carbons (Fsp3) is 0.333. The molecule has 1 atom stereocenters. The number of hydrogen-bond acceptors (Lipinski definition) is 3. The quantitative estimate of drug-likeness (QED) is 0.884. The van der Waals surface area contributed by atoms with Gasteiger partial charge in [0.25, 0.3) is 0 Å². The zero-order valence-electron chi connectivity index (χ0n) is 12.9. The molecule has 21 heavy (non-hydrogen) atoms. The number of hydrogen-bond donors (Lipinski definition) is 1. The fourth-order valence-electron chi connectivity index (χ4n) is 2.58. The first kappa shape index (κ1) is 15.4. The van der Waals surface area contributed by atoms with Crippen LogP contribution >= 0.6 is 0 Å². The van der Waals surface area contributed by atoms with E-state index in [2.05, 4.69) is 29.2 Å². The van der Waals surface area contributed by atoms with Gasteiger partial charge in [-0.25, -0.2) is 0 Å². The number of anilines is 1. The van der Waals surface area contributed by atoms with Crippen molar-refractivity contribution in [2.45, 2.75) is 12.3 Å². The maximum Gasteiger partial charge on any atom is 0.124 e. The van der Waals surface area contributed by atoms with Crippen molar-refractivity contribution < 1.29 is 9.84 Å². The lowest BCUT2D eigenvalue weighted by Gasteiger charge is -2.22. The molecule has 0 aliphatic heterocycles. The number of aliphatic hydroxyl groups excluding tert-OH is 1. The Morgan fingerprint density at radius 1 is 1.10 bits per heavy atom. The largest absolute Gasteiger partial charge is 0.496 e. The second-order valence-electron chi connectivity index (χ2n) is 5.30. The second-order valence-corrected chi connectivity index (χ2v) is 5.30. The van der Waals surface area contributed by atoms with Gasteiger partial charge in [-0.2, -0.15) is 0 Å². The van der Waals surface area contributed by atoms with Crippen LogP contribution in [-0.2, 0) is 0 Å². The predicted molar refractivity (Wildman–Crippen MR) is 87.3 cm³/mol. The Morgan fingerprint density at radius 2 is 1.81 bits per heavy atom. The molecule has 0 heterocycles. The van der Waals surface area contributed by atoms with E-state index in [-0.39, 0.29) is 12.5 Å². The maximum absolute atomic E-state index is 9.42. The van der Waals surface area contributed by atoms with E-state index in [4.69, 9.17) is 4.74 Å². The van der Waals surface area contributed by atoms with Crippen LogP contribution in [0.25, 0.3) is 0 Å². The van der Waals surface area contributed by atoms with Gasteiger partial charge in [0, 0.05) is 43.9 Å². The summed E-state index contributed by atoms with van der Waals surface area (Å²) in [5, 5.41) is 9.42. The maximum atomic E-state index is 9.42. The molecular formula is C18H23NO2. The molecule has 0 saturated carbocycles. The van der Waals surface area contributed by atoms with Gasteiger partial charge in [-0.1, -0.05) is 36.4 Å². The van der Waals surface area contributed by atoms with Crippen LogP contribution in [0.4, 0.5) is 5.69 Å². The number of nitrogens with zero attached hydrogens (tertiary/aromatic N) is 1. The number of aliphatic hydroxyl groups is 1.